The second-order valence-electron chi connectivity index (χ2n) is 6.33. The molecular formula is C19H21ClN4O4. The number of para-hydroxylation sites is 1. The molecule has 3 N–H and O–H groups in total. The average molecular weight is 405 g/mol. The largest absolute Gasteiger partial charge is 0.449 e. The molecule has 3 amide bonds. The van der Waals surface area contributed by atoms with Crippen LogP contribution in [0.15, 0.2) is 36.4 Å². The third-order valence-corrected chi connectivity index (χ3v) is 4.15. The van der Waals surface area contributed by atoms with E-state index in [-0.39, 0.29) is 5.92 Å². The molecule has 0 radical (unpaired) electrons. The maximum Gasteiger partial charge on any atom is 0.331 e. The van der Waals surface area contributed by atoms with Gasteiger partial charge in [-0.15, -0.1) is 0 Å². The summed E-state index contributed by atoms with van der Waals surface area (Å²) in [5, 5.41) is 6.61. The van der Waals surface area contributed by atoms with Gasteiger partial charge in [0.1, 0.15) is 5.15 Å². The van der Waals surface area contributed by atoms with Crippen LogP contribution in [0.2, 0.25) is 5.15 Å². The quantitative estimate of drug-likeness (QED) is 0.567. The van der Waals surface area contributed by atoms with E-state index in [4.69, 9.17) is 22.1 Å². The molecule has 0 bridgehead atoms. The Morgan fingerprint density at radius 3 is 2.46 bits per heavy atom. The van der Waals surface area contributed by atoms with E-state index in [0.717, 1.165) is 11.8 Å². The lowest BCUT2D eigenvalue weighted by molar-refractivity contribution is -0.153. The number of esters is 1. The second kappa shape index (κ2) is 9.18. The minimum Gasteiger partial charge on any atom is -0.449 e. The van der Waals surface area contributed by atoms with E-state index in [1.807, 2.05) is 35.6 Å². The molecule has 1 heterocycles. The zero-order valence-electron chi connectivity index (χ0n) is 15.7. The molecule has 0 aliphatic heterocycles. The van der Waals surface area contributed by atoms with Gasteiger partial charge in [0, 0.05) is 11.6 Å². The number of carbonyl (C=O) groups is 3. The molecule has 1 atom stereocenters. The van der Waals surface area contributed by atoms with Gasteiger partial charge in [0.15, 0.2) is 6.10 Å². The highest BCUT2D eigenvalue weighted by Gasteiger charge is 2.26. The molecule has 2 rings (SSSR count). The summed E-state index contributed by atoms with van der Waals surface area (Å²) in [7, 11) is 0. The van der Waals surface area contributed by atoms with Crippen molar-refractivity contribution in [3.8, 4) is 5.69 Å². The van der Waals surface area contributed by atoms with Crippen molar-refractivity contribution in [1.82, 2.24) is 15.1 Å². The Kier molecular flexibility index (Phi) is 6.94. The predicted molar refractivity (Wildman–Crippen MR) is 105 cm³/mol. The Balaban J connectivity index is 2.17. The first-order valence-corrected chi connectivity index (χ1v) is 8.88. The van der Waals surface area contributed by atoms with Crippen molar-refractivity contribution in [1.29, 1.82) is 0 Å². The monoisotopic (exact) mass is 404 g/mol. The average Bonchev–Trinajstić information content (AvgIpc) is 2.91. The summed E-state index contributed by atoms with van der Waals surface area (Å²) < 4.78 is 6.71. The number of carbonyl (C=O) groups excluding carboxylic acids is 3. The van der Waals surface area contributed by atoms with Crippen LogP contribution in [-0.2, 0) is 14.3 Å². The Morgan fingerprint density at radius 1 is 1.25 bits per heavy atom. The fourth-order valence-corrected chi connectivity index (χ4v) is 2.78. The van der Waals surface area contributed by atoms with Crippen LogP contribution in [0.25, 0.3) is 11.8 Å². The molecule has 0 saturated heterocycles. The number of aromatic nitrogens is 2. The van der Waals surface area contributed by atoms with E-state index < -0.39 is 24.0 Å². The van der Waals surface area contributed by atoms with E-state index in [1.165, 1.54) is 6.08 Å². The number of urea groups is 1. The Bertz CT molecular complexity index is 906. The summed E-state index contributed by atoms with van der Waals surface area (Å²) in [6, 6.07) is 8.29. The lowest BCUT2D eigenvalue weighted by atomic mass is 10.1. The van der Waals surface area contributed by atoms with Gasteiger partial charge in [-0.3, -0.25) is 10.1 Å². The molecular weight excluding hydrogens is 384 g/mol. The molecule has 0 saturated carbocycles. The number of rotatable bonds is 6. The van der Waals surface area contributed by atoms with Gasteiger partial charge in [0.05, 0.1) is 11.4 Å². The van der Waals surface area contributed by atoms with Gasteiger partial charge in [-0.2, -0.15) is 5.10 Å². The molecule has 0 aliphatic carbocycles. The van der Waals surface area contributed by atoms with Crippen molar-refractivity contribution in [2.24, 2.45) is 11.7 Å². The van der Waals surface area contributed by atoms with Gasteiger partial charge in [0.25, 0.3) is 5.91 Å². The maximum atomic E-state index is 12.1. The number of hydrogen-bond donors (Lipinski definition) is 2. The number of hydrogen-bond acceptors (Lipinski definition) is 5. The van der Waals surface area contributed by atoms with Gasteiger partial charge >= 0.3 is 12.0 Å². The first-order valence-electron chi connectivity index (χ1n) is 8.50. The summed E-state index contributed by atoms with van der Waals surface area (Å²) in [6.07, 6.45) is 1.46. The highest BCUT2D eigenvalue weighted by atomic mass is 35.5. The summed E-state index contributed by atoms with van der Waals surface area (Å²) in [4.78, 5) is 34.9. The molecule has 1 aromatic heterocycles. The first-order chi connectivity index (χ1) is 13.2. The molecule has 1 aromatic carbocycles. The van der Waals surface area contributed by atoms with Crippen molar-refractivity contribution in [3.05, 3.63) is 52.8 Å². The minimum atomic E-state index is -1.16. The van der Waals surface area contributed by atoms with Crippen LogP contribution in [0.5, 0.6) is 0 Å². The molecule has 8 nitrogen and oxygen atoms in total. The molecule has 148 valence electrons. The van der Waals surface area contributed by atoms with Crippen LogP contribution in [0.3, 0.4) is 0 Å². The van der Waals surface area contributed by atoms with Crippen LogP contribution in [-0.4, -0.2) is 33.8 Å². The van der Waals surface area contributed by atoms with Crippen LogP contribution < -0.4 is 11.1 Å². The Labute approximate surface area is 167 Å². The first kappa shape index (κ1) is 21.2. The predicted octanol–water partition coefficient (Wildman–Crippen LogP) is 2.61. The highest BCUT2D eigenvalue weighted by molar-refractivity contribution is 6.31. The van der Waals surface area contributed by atoms with Crippen LogP contribution in [0, 0.1) is 12.8 Å². The van der Waals surface area contributed by atoms with E-state index in [0.29, 0.717) is 16.4 Å². The normalized spacial score (nSPS) is 12.2. The Morgan fingerprint density at radius 2 is 1.89 bits per heavy atom. The number of nitrogens with two attached hydrogens (primary N) is 1. The molecule has 28 heavy (non-hydrogen) atoms. The number of halogens is 1. The van der Waals surface area contributed by atoms with Crippen molar-refractivity contribution >= 4 is 35.6 Å². The fourth-order valence-electron chi connectivity index (χ4n) is 2.44. The van der Waals surface area contributed by atoms with Crippen LogP contribution >= 0.6 is 11.6 Å². The number of amides is 3. The zero-order valence-corrected chi connectivity index (χ0v) is 16.4. The highest BCUT2D eigenvalue weighted by Crippen LogP contribution is 2.24. The van der Waals surface area contributed by atoms with Gasteiger partial charge < -0.3 is 10.5 Å². The van der Waals surface area contributed by atoms with Gasteiger partial charge in [0.2, 0.25) is 0 Å². The van der Waals surface area contributed by atoms with Crippen molar-refractivity contribution in [2.75, 3.05) is 0 Å². The van der Waals surface area contributed by atoms with Gasteiger partial charge in [-0.05, 0) is 31.1 Å². The lowest BCUT2D eigenvalue weighted by Crippen LogP contribution is -2.45. The van der Waals surface area contributed by atoms with E-state index in [1.54, 1.807) is 25.5 Å². The molecule has 0 unspecified atom stereocenters. The van der Waals surface area contributed by atoms with Crippen molar-refractivity contribution < 1.29 is 19.1 Å². The summed E-state index contributed by atoms with van der Waals surface area (Å²) in [5.41, 5.74) is 6.87. The molecule has 2 aromatic rings. The molecule has 0 aliphatic rings. The number of imide groups is 1. The summed E-state index contributed by atoms with van der Waals surface area (Å²) >= 11 is 6.39. The van der Waals surface area contributed by atoms with Crippen LogP contribution in [0.4, 0.5) is 4.79 Å². The molecule has 0 fully saturated rings. The van der Waals surface area contributed by atoms with Crippen molar-refractivity contribution in [3.63, 3.8) is 0 Å². The number of nitrogens with zero attached hydrogens (tertiary/aromatic N) is 2. The van der Waals surface area contributed by atoms with Crippen LogP contribution in [0.1, 0.15) is 25.1 Å². The van der Waals surface area contributed by atoms with Gasteiger partial charge in [-0.1, -0.05) is 43.6 Å². The lowest BCUT2D eigenvalue weighted by Gasteiger charge is -2.18. The third-order valence-electron chi connectivity index (χ3n) is 3.79. The maximum absolute atomic E-state index is 12.1. The minimum absolute atomic E-state index is 0.333. The summed E-state index contributed by atoms with van der Waals surface area (Å²) in [6.45, 7) is 5.10. The SMILES string of the molecule is Cc1nn(-c2ccccc2)c(Cl)c1/C=C/C(=O)O[C@@H](C(=O)NC(N)=O)C(C)C. The number of ether oxygens (including phenoxy) is 1. The zero-order chi connectivity index (χ0) is 20.8. The Hall–Kier alpha value is -3.13. The topological polar surface area (TPSA) is 116 Å². The van der Waals surface area contributed by atoms with Crippen molar-refractivity contribution in [2.45, 2.75) is 26.9 Å². The molecule has 9 heteroatoms. The third kappa shape index (κ3) is 5.20. The fraction of sp³-hybridized carbons (Fsp3) is 0.263. The number of benzene rings is 1. The van der Waals surface area contributed by atoms with Gasteiger partial charge in [-0.25, -0.2) is 14.3 Å². The number of primary amides is 1. The number of nitrogens with one attached hydrogen (secondary N) is 1. The molecule has 0 spiro atoms. The van der Waals surface area contributed by atoms with E-state index in [2.05, 4.69) is 5.10 Å². The summed E-state index contributed by atoms with van der Waals surface area (Å²) in [5.74, 6) is -1.90. The van der Waals surface area contributed by atoms with E-state index in [9.17, 15) is 14.4 Å². The standard InChI is InChI=1S/C19H21ClN4O4/c1-11(2)16(18(26)22-19(21)27)28-15(25)10-9-14-12(3)23-24(17(14)20)13-7-5-4-6-8-13/h4-11,16H,1-3H3,(H3,21,22,26,27)/b10-9+/t16-/m1/s1. The number of aryl methyl sites for hydroxylation is 1. The smallest absolute Gasteiger partial charge is 0.331 e. The van der Waals surface area contributed by atoms with E-state index >= 15 is 0 Å². The second-order valence-corrected chi connectivity index (χ2v) is 6.68.